The summed E-state index contributed by atoms with van der Waals surface area (Å²) in [5.41, 5.74) is 0.436. The molecule has 1 aliphatic rings. The SMILES string of the molecule is CC(=O)c1cccc(S(=O)(=O)N2CCCC(C)(C)C2)c1. The summed E-state index contributed by atoms with van der Waals surface area (Å²) in [4.78, 5) is 11.6. The van der Waals surface area contributed by atoms with E-state index in [1.807, 2.05) is 0 Å². The smallest absolute Gasteiger partial charge is 0.243 e. The average molecular weight is 295 g/mol. The van der Waals surface area contributed by atoms with Gasteiger partial charge in [-0.05, 0) is 37.3 Å². The van der Waals surface area contributed by atoms with Gasteiger partial charge >= 0.3 is 0 Å². The molecule has 0 atom stereocenters. The molecule has 4 nitrogen and oxygen atoms in total. The van der Waals surface area contributed by atoms with Gasteiger partial charge in [-0.25, -0.2) is 8.42 Å². The minimum absolute atomic E-state index is 0.00348. The van der Waals surface area contributed by atoms with Crippen LogP contribution in [-0.4, -0.2) is 31.6 Å². The lowest BCUT2D eigenvalue weighted by Crippen LogP contribution is -2.43. The standard InChI is InChI=1S/C15H21NO3S/c1-12(17)13-6-4-7-14(10-13)20(18,19)16-9-5-8-15(2,3)11-16/h4,6-7,10H,5,8-9,11H2,1-3H3. The van der Waals surface area contributed by atoms with Gasteiger partial charge in [-0.1, -0.05) is 26.0 Å². The third kappa shape index (κ3) is 3.10. The van der Waals surface area contributed by atoms with E-state index in [0.717, 1.165) is 12.8 Å². The summed E-state index contributed by atoms with van der Waals surface area (Å²) in [5, 5.41) is 0. The van der Waals surface area contributed by atoms with Gasteiger partial charge in [0.05, 0.1) is 4.90 Å². The number of benzene rings is 1. The number of sulfonamides is 1. The first kappa shape index (κ1) is 15.2. The van der Waals surface area contributed by atoms with Crippen molar-refractivity contribution >= 4 is 15.8 Å². The van der Waals surface area contributed by atoms with Crippen LogP contribution in [0.1, 0.15) is 44.0 Å². The van der Waals surface area contributed by atoms with Crippen molar-refractivity contribution < 1.29 is 13.2 Å². The van der Waals surface area contributed by atoms with Crippen molar-refractivity contribution in [1.82, 2.24) is 4.31 Å². The number of hydrogen-bond acceptors (Lipinski definition) is 3. The molecule has 2 rings (SSSR count). The highest BCUT2D eigenvalue weighted by molar-refractivity contribution is 7.89. The van der Waals surface area contributed by atoms with Crippen LogP contribution in [0.25, 0.3) is 0 Å². The lowest BCUT2D eigenvalue weighted by Gasteiger charge is -2.37. The quantitative estimate of drug-likeness (QED) is 0.806. The maximum absolute atomic E-state index is 12.7. The van der Waals surface area contributed by atoms with Crippen molar-refractivity contribution in [3.05, 3.63) is 29.8 Å². The predicted octanol–water partition coefficient (Wildman–Crippen LogP) is 2.70. The van der Waals surface area contributed by atoms with E-state index in [1.165, 1.54) is 17.3 Å². The van der Waals surface area contributed by atoms with Gasteiger partial charge in [0.2, 0.25) is 10.0 Å². The molecule has 5 heteroatoms. The zero-order valence-corrected chi connectivity index (χ0v) is 13.0. The Morgan fingerprint density at radius 2 is 2.00 bits per heavy atom. The van der Waals surface area contributed by atoms with Gasteiger partial charge in [0.1, 0.15) is 0 Å². The molecule has 1 heterocycles. The Kier molecular flexibility index (Phi) is 4.02. The van der Waals surface area contributed by atoms with Crippen molar-refractivity contribution in [3.8, 4) is 0 Å². The summed E-state index contributed by atoms with van der Waals surface area (Å²) in [6, 6.07) is 6.29. The van der Waals surface area contributed by atoms with E-state index in [9.17, 15) is 13.2 Å². The van der Waals surface area contributed by atoms with Crippen molar-refractivity contribution in [1.29, 1.82) is 0 Å². The zero-order chi connectivity index (χ0) is 15.0. The topological polar surface area (TPSA) is 54.5 Å². The van der Waals surface area contributed by atoms with Crippen molar-refractivity contribution in [3.63, 3.8) is 0 Å². The molecular weight excluding hydrogens is 274 g/mol. The van der Waals surface area contributed by atoms with Gasteiger partial charge in [-0.2, -0.15) is 4.31 Å². The molecule has 1 saturated heterocycles. The third-order valence-electron chi connectivity index (χ3n) is 3.74. The predicted molar refractivity (Wildman–Crippen MR) is 78.2 cm³/mol. The van der Waals surface area contributed by atoms with Gasteiger partial charge in [0.25, 0.3) is 0 Å². The second-order valence-corrected chi connectivity index (χ2v) is 8.13. The van der Waals surface area contributed by atoms with E-state index in [4.69, 9.17) is 0 Å². The van der Waals surface area contributed by atoms with Crippen LogP contribution in [0, 0.1) is 5.41 Å². The molecule has 0 spiro atoms. The first-order valence-electron chi connectivity index (χ1n) is 6.84. The summed E-state index contributed by atoms with van der Waals surface area (Å²) in [7, 11) is -3.51. The van der Waals surface area contributed by atoms with Crippen LogP contribution in [0.15, 0.2) is 29.2 Å². The maximum Gasteiger partial charge on any atom is 0.243 e. The number of rotatable bonds is 3. The largest absolute Gasteiger partial charge is 0.295 e. The minimum atomic E-state index is -3.51. The van der Waals surface area contributed by atoms with Crippen LogP contribution in [0.5, 0.6) is 0 Å². The summed E-state index contributed by atoms with van der Waals surface area (Å²) in [6.45, 7) is 6.69. The Bertz CT molecular complexity index is 620. The lowest BCUT2D eigenvalue weighted by molar-refractivity contribution is 0.101. The molecule has 0 aliphatic carbocycles. The first-order valence-corrected chi connectivity index (χ1v) is 8.28. The maximum atomic E-state index is 12.7. The van der Waals surface area contributed by atoms with Crippen LogP contribution in [0.3, 0.4) is 0 Å². The second kappa shape index (κ2) is 5.30. The van der Waals surface area contributed by atoms with Gasteiger partial charge in [-0.3, -0.25) is 4.79 Å². The highest BCUT2D eigenvalue weighted by atomic mass is 32.2. The number of carbonyl (C=O) groups is 1. The number of Topliss-reactive ketones (excluding diaryl/α,β-unsaturated/α-hetero) is 1. The molecule has 0 unspecified atom stereocenters. The van der Waals surface area contributed by atoms with Crippen LogP contribution in [-0.2, 0) is 10.0 Å². The molecule has 110 valence electrons. The van der Waals surface area contributed by atoms with Crippen molar-refractivity contribution in [2.45, 2.75) is 38.5 Å². The summed E-state index contributed by atoms with van der Waals surface area (Å²) < 4.78 is 26.9. The van der Waals surface area contributed by atoms with Gasteiger partial charge in [0.15, 0.2) is 5.78 Å². The highest BCUT2D eigenvalue weighted by Crippen LogP contribution is 2.31. The average Bonchev–Trinajstić information content (AvgIpc) is 2.37. The Hall–Kier alpha value is -1.20. The second-order valence-electron chi connectivity index (χ2n) is 6.19. The lowest BCUT2D eigenvalue weighted by atomic mass is 9.85. The van der Waals surface area contributed by atoms with Crippen LogP contribution in [0.2, 0.25) is 0 Å². The van der Waals surface area contributed by atoms with E-state index >= 15 is 0 Å². The molecule has 1 aromatic rings. The molecule has 0 radical (unpaired) electrons. The highest BCUT2D eigenvalue weighted by Gasteiger charge is 2.34. The number of nitrogens with zero attached hydrogens (tertiary/aromatic N) is 1. The molecule has 1 aliphatic heterocycles. The molecular formula is C15H21NO3S. The van der Waals surface area contributed by atoms with Gasteiger partial charge in [0, 0.05) is 18.7 Å². The molecule has 0 amide bonds. The Morgan fingerprint density at radius 3 is 2.60 bits per heavy atom. The molecule has 0 N–H and O–H groups in total. The Morgan fingerprint density at radius 1 is 1.30 bits per heavy atom. The number of hydrogen-bond donors (Lipinski definition) is 0. The van der Waals surface area contributed by atoms with Crippen molar-refractivity contribution in [2.24, 2.45) is 5.41 Å². The Balaban J connectivity index is 2.35. The van der Waals surface area contributed by atoms with Crippen LogP contribution < -0.4 is 0 Å². The van der Waals surface area contributed by atoms with Gasteiger partial charge < -0.3 is 0 Å². The van der Waals surface area contributed by atoms with Crippen LogP contribution in [0.4, 0.5) is 0 Å². The monoisotopic (exact) mass is 295 g/mol. The number of ketones is 1. The minimum Gasteiger partial charge on any atom is -0.295 e. The molecule has 1 aromatic carbocycles. The molecule has 1 fully saturated rings. The van der Waals surface area contributed by atoms with Crippen LogP contribution >= 0.6 is 0 Å². The number of piperidine rings is 1. The van der Waals surface area contributed by atoms with E-state index in [0.29, 0.717) is 18.7 Å². The normalized spacial score (nSPS) is 19.8. The fraction of sp³-hybridized carbons (Fsp3) is 0.533. The molecule has 0 bridgehead atoms. The van der Waals surface area contributed by atoms with Crippen molar-refractivity contribution in [2.75, 3.05) is 13.1 Å². The van der Waals surface area contributed by atoms with E-state index in [2.05, 4.69) is 13.8 Å². The summed E-state index contributed by atoms with van der Waals surface area (Å²) in [6.07, 6.45) is 1.91. The first-order chi connectivity index (χ1) is 9.22. The number of carbonyl (C=O) groups excluding carboxylic acids is 1. The zero-order valence-electron chi connectivity index (χ0n) is 12.2. The summed E-state index contributed by atoms with van der Waals surface area (Å²) in [5.74, 6) is -0.124. The molecule has 20 heavy (non-hydrogen) atoms. The van der Waals surface area contributed by atoms with E-state index < -0.39 is 10.0 Å². The Labute approximate surface area is 120 Å². The summed E-state index contributed by atoms with van der Waals surface area (Å²) >= 11 is 0. The van der Waals surface area contributed by atoms with Gasteiger partial charge in [-0.15, -0.1) is 0 Å². The molecule has 0 aromatic heterocycles. The fourth-order valence-corrected chi connectivity index (χ4v) is 4.31. The third-order valence-corrected chi connectivity index (χ3v) is 5.58. The molecule has 0 saturated carbocycles. The van der Waals surface area contributed by atoms with E-state index in [-0.39, 0.29) is 16.1 Å². The van der Waals surface area contributed by atoms with E-state index in [1.54, 1.807) is 18.2 Å². The fourth-order valence-electron chi connectivity index (χ4n) is 2.60.